The number of rotatable bonds is 3. The number of carboxylic acids is 1. The molecule has 1 N–H and O–H groups in total. The summed E-state index contributed by atoms with van der Waals surface area (Å²) in [6.45, 7) is 4.65. The van der Waals surface area contributed by atoms with E-state index in [0.29, 0.717) is 13.1 Å². The van der Waals surface area contributed by atoms with E-state index in [2.05, 4.69) is 4.98 Å². The Morgan fingerprint density at radius 1 is 1.59 bits per heavy atom. The first kappa shape index (κ1) is 12.0. The van der Waals surface area contributed by atoms with E-state index in [9.17, 15) is 9.59 Å². The van der Waals surface area contributed by atoms with Crippen molar-refractivity contribution in [2.45, 2.75) is 26.8 Å². The summed E-state index contributed by atoms with van der Waals surface area (Å²) in [7, 11) is 0. The minimum atomic E-state index is -0.896. The van der Waals surface area contributed by atoms with Crippen LogP contribution in [0.25, 0.3) is 0 Å². The molecule has 1 aliphatic rings. The fourth-order valence-electron chi connectivity index (χ4n) is 1.86. The van der Waals surface area contributed by atoms with Crippen LogP contribution in [0.3, 0.4) is 0 Å². The molecule has 0 aromatic carbocycles. The number of likely N-dealkylation sites (tertiary alicyclic amines) is 1. The van der Waals surface area contributed by atoms with E-state index < -0.39 is 11.9 Å². The highest BCUT2D eigenvalue weighted by molar-refractivity contribution is 7.11. The molecule has 1 aromatic rings. The zero-order chi connectivity index (χ0) is 12.6. The van der Waals surface area contributed by atoms with E-state index in [4.69, 9.17) is 5.11 Å². The molecule has 5 nitrogen and oxygen atoms in total. The number of carbonyl (C=O) groups excluding carboxylic acids is 1. The summed E-state index contributed by atoms with van der Waals surface area (Å²) in [5, 5.41) is 9.75. The highest BCUT2D eigenvalue weighted by Gasteiger charge is 2.34. The van der Waals surface area contributed by atoms with E-state index >= 15 is 0 Å². The van der Waals surface area contributed by atoms with Gasteiger partial charge in [0, 0.05) is 17.8 Å². The second kappa shape index (κ2) is 4.44. The summed E-state index contributed by atoms with van der Waals surface area (Å²) in [5.74, 6) is -1.56. The molecule has 1 saturated heterocycles. The largest absolute Gasteiger partial charge is 0.481 e. The van der Waals surface area contributed by atoms with E-state index in [1.165, 1.54) is 0 Å². The zero-order valence-electron chi connectivity index (χ0n) is 9.77. The highest BCUT2D eigenvalue weighted by Crippen LogP contribution is 2.23. The van der Waals surface area contributed by atoms with Crippen molar-refractivity contribution in [3.8, 4) is 0 Å². The van der Waals surface area contributed by atoms with Crippen LogP contribution in [0.2, 0.25) is 0 Å². The molecule has 0 saturated carbocycles. The molecule has 0 spiro atoms. The van der Waals surface area contributed by atoms with Crippen molar-refractivity contribution in [2.24, 2.45) is 5.92 Å². The minimum absolute atomic E-state index is 0.0945. The van der Waals surface area contributed by atoms with Crippen molar-refractivity contribution < 1.29 is 14.7 Å². The number of carboxylic acid groups (broad SMARTS) is 1. The molecule has 1 aliphatic heterocycles. The van der Waals surface area contributed by atoms with E-state index in [1.807, 2.05) is 13.8 Å². The van der Waals surface area contributed by atoms with Gasteiger partial charge in [-0.15, -0.1) is 11.3 Å². The number of hydrogen-bond donors (Lipinski definition) is 1. The quantitative estimate of drug-likeness (QED) is 0.879. The molecular weight excluding hydrogens is 240 g/mol. The number of aromatic nitrogens is 1. The van der Waals surface area contributed by atoms with Crippen LogP contribution < -0.4 is 0 Å². The third kappa shape index (κ3) is 2.46. The Kier molecular flexibility index (Phi) is 3.15. The number of hydrogen-bond acceptors (Lipinski definition) is 4. The SMILES string of the molecule is Cc1nc(CN2CC(C(=O)O)CC2=O)sc1C. The Balaban J connectivity index is 2.05. The van der Waals surface area contributed by atoms with Gasteiger partial charge in [0.2, 0.25) is 5.91 Å². The Morgan fingerprint density at radius 2 is 2.29 bits per heavy atom. The Hall–Kier alpha value is -1.43. The van der Waals surface area contributed by atoms with Crippen molar-refractivity contribution in [3.05, 3.63) is 15.6 Å². The molecule has 2 heterocycles. The second-order valence-electron chi connectivity index (χ2n) is 4.26. The van der Waals surface area contributed by atoms with Gasteiger partial charge >= 0.3 is 5.97 Å². The fraction of sp³-hybridized carbons (Fsp3) is 0.545. The van der Waals surface area contributed by atoms with Crippen LogP contribution in [0.15, 0.2) is 0 Å². The molecule has 2 rings (SSSR count). The zero-order valence-corrected chi connectivity index (χ0v) is 10.6. The van der Waals surface area contributed by atoms with Crippen LogP contribution in [0.4, 0.5) is 0 Å². The van der Waals surface area contributed by atoms with E-state index in [0.717, 1.165) is 15.6 Å². The van der Waals surface area contributed by atoms with Crippen LogP contribution >= 0.6 is 11.3 Å². The van der Waals surface area contributed by atoms with Gasteiger partial charge in [-0.2, -0.15) is 0 Å². The lowest BCUT2D eigenvalue weighted by molar-refractivity contribution is -0.141. The molecular formula is C11H14N2O3S. The number of thiazole rings is 1. The molecule has 1 unspecified atom stereocenters. The van der Waals surface area contributed by atoms with Crippen LogP contribution in [-0.2, 0) is 16.1 Å². The summed E-state index contributed by atoms with van der Waals surface area (Å²) < 4.78 is 0. The number of nitrogens with zero attached hydrogens (tertiary/aromatic N) is 2. The van der Waals surface area contributed by atoms with Crippen molar-refractivity contribution in [1.82, 2.24) is 9.88 Å². The molecule has 1 fully saturated rings. The summed E-state index contributed by atoms with van der Waals surface area (Å²) in [4.78, 5) is 29.5. The van der Waals surface area contributed by atoms with Crippen molar-refractivity contribution >= 4 is 23.2 Å². The predicted molar refractivity (Wildman–Crippen MR) is 62.7 cm³/mol. The van der Waals surface area contributed by atoms with Crippen LogP contribution in [0.1, 0.15) is 22.0 Å². The van der Waals surface area contributed by atoms with Gasteiger partial charge in [-0.3, -0.25) is 9.59 Å². The van der Waals surface area contributed by atoms with Gasteiger partial charge in [-0.05, 0) is 13.8 Å². The molecule has 0 aliphatic carbocycles. The second-order valence-corrected chi connectivity index (χ2v) is 5.55. The maximum Gasteiger partial charge on any atom is 0.308 e. The smallest absolute Gasteiger partial charge is 0.308 e. The minimum Gasteiger partial charge on any atom is -0.481 e. The highest BCUT2D eigenvalue weighted by atomic mass is 32.1. The summed E-state index contributed by atoms with van der Waals surface area (Å²) in [6, 6.07) is 0. The number of aryl methyl sites for hydroxylation is 2. The first-order valence-corrected chi connectivity index (χ1v) is 6.22. The topological polar surface area (TPSA) is 70.5 Å². The van der Waals surface area contributed by atoms with Crippen LogP contribution in [0.5, 0.6) is 0 Å². The maximum atomic E-state index is 11.6. The summed E-state index contributed by atoms with van der Waals surface area (Å²) >= 11 is 1.56. The molecule has 6 heteroatoms. The normalized spacial score (nSPS) is 20.0. The first-order chi connectivity index (χ1) is 7.97. The lowest BCUT2D eigenvalue weighted by Gasteiger charge is -2.13. The maximum absolute atomic E-state index is 11.6. The lowest BCUT2D eigenvalue weighted by Crippen LogP contribution is -2.25. The lowest BCUT2D eigenvalue weighted by atomic mass is 10.1. The monoisotopic (exact) mass is 254 g/mol. The average Bonchev–Trinajstić information content (AvgIpc) is 2.73. The van der Waals surface area contributed by atoms with Crippen molar-refractivity contribution in [2.75, 3.05) is 6.54 Å². The standard InChI is InChI=1S/C11H14N2O3S/c1-6-7(2)17-9(12-6)5-13-4-8(11(15)16)3-10(13)14/h8H,3-5H2,1-2H3,(H,15,16). The van der Waals surface area contributed by atoms with Gasteiger partial charge < -0.3 is 10.0 Å². The van der Waals surface area contributed by atoms with Gasteiger partial charge in [-0.25, -0.2) is 4.98 Å². The molecule has 1 atom stereocenters. The third-order valence-corrected chi connectivity index (χ3v) is 4.02. The van der Waals surface area contributed by atoms with Gasteiger partial charge in [0.05, 0.1) is 18.2 Å². The number of aliphatic carboxylic acids is 1. The van der Waals surface area contributed by atoms with Gasteiger partial charge in [0.25, 0.3) is 0 Å². The average molecular weight is 254 g/mol. The van der Waals surface area contributed by atoms with Gasteiger partial charge in [0.1, 0.15) is 5.01 Å². The molecule has 1 aromatic heterocycles. The third-order valence-electron chi connectivity index (χ3n) is 2.96. The molecule has 1 amide bonds. The summed E-state index contributed by atoms with van der Waals surface area (Å²) in [6.07, 6.45) is 0.110. The molecule has 0 bridgehead atoms. The van der Waals surface area contributed by atoms with Gasteiger partial charge in [-0.1, -0.05) is 0 Å². The van der Waals surface area contributed by atoms with E-state index in [-0.39, 0.29) is 12.3 Å². The van der Waals surface area contributed by atoms with Crippen molar-refractivity contribution in [1.29, 1.82) is 0 Å². The van der Waals surface area contributed by atoms with Gasteiger partial charge in [0.15, 0.2) is 0 Å². The Morgan fingerprint density at radius 3 is 2.76 bits per heavy atom. The van der Waals surface area contributed by atoms with Crippen molar-refractivity contribution in [3.63, 3.8) is 0 Å². The molecule has 92 valence electrons. The predicted octanol–water partition coefficient (Wildman–Crippen LogP) is 1.19. The van der Waals surface area contributed by atoms with Crippen LogP contribution in [0, 0.1) is 19.8 Å². The fourth-order valence-corrected chi connectivity index (χ4v) is 2.81. The van der Waals surface area contributed by atoms with Crippen LogP contribution in [-0.4, -0.2) is 33.4 Å². The number of carbonyl (C=O) groups is 2. The Labute approximate surface area is 103 Å². The number of amides is 1. The van der Waals surface area contributed by atoms with E-state index in [1.54, 1.807) is 16.2 Å². The molecule has 0 radical (unpaired) electrons. The molecule has 17 heavy (non-hydrogen) atoms. The first-order valence-electron chi connectivity index (χ1n) is 5.41. The Bertz CT molecular complexity index is 450. The summed E-state index contributed by atoms with van der Waals surface area (Å²) in [5.41, 5.74) is 0.978.